The van der Waals surface area contributed by atoms with Gasteiger partial charge in [-0.05, 0) is 18.2 Å². The first-order chi connectivity index (χ1) is 9.00. The summed E-state index contributed by atoms with van der Waals surface area (Å²) in [6.45, 7) is 0. The standard InChI is InChI=1S/C10H8O8S2/c11-5-1-8-7(9(12)2-5)3-6(19(13,14)15)4-10(8)20(16,17)18/h1-4,11-12H,(H,13,14,15)(H,16,17,18). The topological polar surface area (TPSA) is 149 Å². The second kappa shape index (κ2) is 4.31. The van der Waals surface area contributed by atoms with E-state index < -0.39 is 41.5 Å². The molecule has 4 N–H and O–H groups in total. The van der Waals surface area contributed by atoms with Gasteiger partial charge in [0.15, 0.2) is 0 Å². The van der Waals surface area contributed by atoms with Crippen LogP contribution in [0.4, 0.5) is 0 Å². The molecule has 2 aromatic carbocycles. The number of aromatic hydroxyl groups is 2. The van der Waals surface area contributed by atoms with Gasteiger partial charge in [0, 0.05) is 16.8 Å². The summed E-state index contributed by atoms with van der Waals surface area (Å²) >= 11 is 0. The van der Waals surface area contributed by atoms with Crippen LogP contribution in [0.25, 0.3) is 10.8 Å². The van der Waals surface area contributed by atoms with Crippen molar-refractivity contribution < 1.29 is 36.2 Å². The number of rotatable bonds is 2. The van der Waals surface area contributed by atoms with E-state index in [1.165, 1.54) is 0 Å². The highest BCUT2D eigenvalue weighted by Gasteiger charge is 2.22. The minimum Gasteiger partial charge on any atom is -0.508 e. The molecule has 0 unspecified atom stereocenters. The molecule has 0 radical (unpaired) electrons. The van der Waals surface area contributed by atoms with Gasteiger partial charge in [-0.3, -0.25) is 9.11 Å². The fourth-order valence-electron chi connectivity index (χ4n) is 1.73. The summed E-state index contributed by atoms with van der Waals surface area (Å²) in [5.41, 5.74) is 0. The van der Waals surface area contributed by atoms with Crippen LogP contribution in [0.5, 0.6) is 11.5 Å². The Balaban J connectivity index is 3.09. The average molecular weight is 320 g/mol. The maximum Gasteiger partial charge on any atom is 0.295 e. The molecule has 0 aromatic heterocycles. The van der Waals surface area contributed by atoms with E-state index in [0.717, 1.165) is 18.2 Å². The van der Waals surface area contributed by atoms with Crippen molar-refractivity contribution in [3.8, 4) is 11.5 Å². The van der Waals surface area contributed by atoms with Crippen molar-refractivity contribution in [3.63, 3.8) is 0 Å². The van der Waals surface area contributed by atoms with Crippen LogP contribution < -0.4 is 0 Å². The zero-order valence-electron chi connectivity index (χ0n) is 9.55. The summed E-state index contributed by atoms with van der Waals surface area (Å²) in [5, 5.41) is 18.4. The Morgan fingerprint density at radius 2 is 1.35 bits per heavy atom. The zero-order valence-corrected chi connectivity index (χ0v) is 11.2. The van der Waals surface area contributed by atoms with E-state index in [9.17, 15) is 27.0 Å². The highest BCUT2D eigenvalue weighted by molar-refractivity contribution is 7.86. The van der Waals surface area contributed by atoms with Crippen molar-refractivity contribution in [1.82, 2.24) is 0 Å². The van der Waals surface area contributed by atoms with E-state index in [1.807, 2.05) is 0 Å². The minimum atomic E-state index is -4.84. The third kappa shape index (κ3) is 2.54. The molecular weight excluding hydrogens is 312 g/mol. The molecule has 0 spiro atoms. The molecule has 0 bridgehead atoms. The van der Waals surface area contributed by atoms with Crippen LogP contribution in [-0.4, -0.2) is 36.2 Å². The van der Waals surface area contributed by atoms with E-state index >= 15 is 0 Å². The molecular formula is C10H8O8S2. The third-order valence-corrected chi connectivity index (χ3v) is 4.27. The van der Waals surface area contributed by atoms with Crippen LogP contribution >= 0.6 is 0 Å². The van der Waals surface area contributed by atoms with E-state index in [0.29, 0.717) is 6.07 Å². The maximum atomic E-state index is 11.3. The molecule has 2 aromatic rings. The first-order valence-corrected chi connectivity index (χ1v) is 7.83. The lowest BCUT2D eigenvalue weighted by Gasteiger charge is -2.09. The molecule has 0 amide bonds. The van der Waals surface area contributed by atoms with E-state index in [2.05, 4.69) is 0 Å². The Bertz CT molecular complexity index is 912. The van der Waals surface area contributed by atoms with Crippen LogP contribution in [0.1, 0.15) is 0 Å². The largest absolute Gasteiger partial charge is 0.508 e. The van der Waals surface area contributed by atoms with Crippen LogP contribution in [0.3, 0.4) is 0 Å². The summed E-state index contributed by atoms with van der Waals surface area (Å²) in [6.07, 6.45) is 0. The smallest absolute Gasteiger partial charge is 0.295 e. The molecule has 0 saturated heterocycles. The molecule has 2 rings (SSSR count). The number of benzene rings is 2. The molecule has 20 heavy (non-hydrogen) atoms. The maximum absolute atomic E-state index is 11.3. The molecule has 0 fully saturated rings. The first-order valence-electron chi connectivity index (χ1n) is 4.95. The molecule has 8 nitrogen and oxygen atoms in total. The van der Waals surface area contributed by atoms with Gasteiger partial charge in [-0.2, -0.15) is 16.8 Å². The van der Waals surface area contributed by atoms with Gasteiger partial charge in [-0.25, -0.2) is 0 Å². The summed E-state index contributed by atoms with van der Waals surface area (Å²) in [6, 6.07) is 3.11. The number of fused-ring (bicyclic) bond motifs is 1. The van der Waals surface area contributed by atoms with Crippen molar-refractivity contribution in [2.75, 3.05) is 0 Å². The zero-order chi connectivity index (χ0) is 15.3. The summed E-state index contributed by atoms with van der Waals surface area (Å²) < 4.78 is 62.7. The Morgan fingerprint density at radius 3 is 1.85 bits per heavy atom. The monoisotopic (exact) mass is 320 g/mol. The van der Waals surface area contributed by atoms with Crippen molar-refractivity contribution in [3.05, 3.63) is 24.3 Å². The van der Waals surface area contributed by atoms with E-state index in [-0.39, 0.29) is 10.8 Å². The lowest BCUT2D eigenvalue weighted by molar-refractivity contribution is 0.455. The molecule has 0 heterocycles. The molecule has 0 aliphatic rings. The lowest BCUT2D eigenvalue weighted by atomic mass is 10.1. The van der Waals surface area contributed by atoms with Crippen LogP contribution in [0, 0.1) is 0 Å². The molecule has 0 aliphatic heterocycles. The number of phenols is 2. The predicted molar refractivity (Wildman–Crippen MR) is 66.9 cm³/mol. The van der Waals surface area contributed by atoms with Gasteiger partial charge < -0.3 is 10.2 Å². The van der Waals surface area contributed by atoms with Crippen molar-refractivity contribution in [2.24, 2.45) is 0 Å². The van der Waals surface area contributed by atoms with Gasteiger partial charge in [0.2, 0.25) is 0 Å². The fraction of sp³-hybridized carbons (Fsp3) is 0. The Labute approximate surface area is 113 Å². The van der Waals surface area contributed by atoms with Gasteiger partial charge in [0.25, 0.3) is 20.2 Å². The fourth-order valence-corrected chi connectivity index (χ4v) is 3.06. The van der Waals surface area contributed by atoms with Gasteiger partial charge >= 0.3 is 0 Å². The Morgan fingerprint density at radius 1 is 0.750 bits per heavy atom. The molecule has 108 valence electrons. The number of hydrogen-bond donors (Lipinski definition) is 4. The number of hydrogen-bond acceptors (Lipinski definition) is 6. The number of phenolic OH excluding ortho intramolecular Hbond substituents is 2. The van der Waals surface area contributed by atoms with E-state index in [1.54, 1.807) is 0 Å². The molecule has 10 heteroatoms. The Hall–Kier alpha value is -1.88. The molecule has 0 atom stereocenters. The highest BCUT2D eigenvalue weighted by atomic mass is 32.2. The minimum absolute atomic E-state index is 0.273. The molecule has 0 aliphatic carbocycles. The summed E-state index contributed by atoms with van der Waals surface area (Å²) in [7, 11) is -9.60. The first kappa shape index (κ1) is 14.5. The molecule has 0 saturated carbocycles. The van der Waals surface area contributed by atoms with Gasteiger partial charge in [0.1, 0.15) is 16.4 Å². The summed E-state index contributed by atoms with van der Waals surface area (Å²) in [4.78, 5) is -1.69. The van der Waals surface area contributed by atoms with Gasteiger partial charge in [0.05, 0.1) is 4.90 Å². The predicted octanol–water partition coefficient (Wildman–Crippen LogP) is 0.744. The normalized spacial score (nSPS) is 12.7. The van der Waals surface area contributed by atoms with Gasteiger partial charge in [-0.15, -0.1) is 0 Å². The lowest BCUT2D eigenvalue weighted by Crippen LogP contribution is -2.04. The third-order valence-electron chi connectivity index (χ3n) is 2.54. The van der Waals surface area contributed by atoms with Crippen LogP contribution in [0.2, 0.25) is 0 Å². The van der Waals surface area contributed by atoms with E-state index in [4.69, 9.17) is 9.11 Å². The van der Waals surface area contributed by atoms with Crippen LogP contribution in [0.15, 0.2) is 34.1 Å². The van der Waals surface area contributed by atoms with Crippen molar-refractivity contribution in [2.45, 2.75) is 9.79 Å². The SMILES string of the molecule is O=S(=O)(O)c1cc(S(=O)(=O)O)c2cc(O)cc(O)c2c1. The second-order valence-corrected chi connectivity index (χ2v) is 6.74. The second-order valence-electron chi connectivity index (χ2n) is 3.93. The highest BCUT2D eigenvalue weighted by Crippen LogP contribution is 2.35. The summed E-state index contributed by atoms with van der Waals surface area (Å²) in [5.74, 6) is -1.10. The van der Waals surface area contributed by atoms with Crippen molar-refractivity contribution >= 4 is 31.0 Å². The quantitative estimate of drug-likeness (QED) is 0.592. The van der Waals surface area contributed by atoms with Gasteiger partial charge in [-0.1, -0.05) is 0 Å². The average Bonchev–Trinajstić information content (AvgIpc) is 2.24. The van der Waals surface area contributed by atoms with Crippen LogP contribution in [-0.2, 0) is 20.2 Å². The Kier molecular flexibility index (Phi) is 3.13. The van der Waals surface area contributed by atoms with Crippen molar-refractivity contribution in [1.29, 1.82) is 0 Å².